The summed E-state index contributed by atoms with van der Waals surface area (Å²) in [5.41, 5.74) is 0.305. The normalized spacial score (nSPS) is 29.8. The van der Waals surface area contributed by atoms with Gasteiger partial charge in [0.1, 0.15) is 6.04 Å². The highest BCUT2D eigenvalue weighted by molar-refractivity contribution is 6.09. The van der Waals surface area contributed by atoms with Crippen LogP contribution in [0.3, 0.4) is 0 Å². The van der Waals surface area contributed by atoms with E-state index in [2.05, 4.69) is 10.6 Å². The molecule has 3 unspecified atom stereocenters. The van der Waals surface area contributed by atoms with Gasteiger partial charge in [-0.2, -0.15) is 0 Å². The number of aliphatic hydroxyl groups is 1. The van der Waals surface area contributed by atoms with Crippen molar-refractivity contribution in [1.29, 1.82) is 0 Å². The Labute approximate surface area is 164 Å². The predicted octanol–water partition coefficient (Wildman–Crippen LogP) is 1.67. The Balaban J connectivity index is 1.35. The summed E-state index contributed by atoms with van der Waals surface area (Å²) in [6.07, 6.45) is 5.02. The number of anilines is 1. The Hall–Kier alpha value is -2.41. The summed E-state index contributed by atoms with van der Waals surface area (Å²) in [7, 11) is 0. The lowest BCUT2D eigenvalue weighted by molar-refractivity contribution is -0.143. The number of carbonyl (C=O) groups is 3. The van der Waals surface area contributed by atoms with Crippen LogP contribution in [0.15, 0.2) is 24.3 Å². The summed E-state index contributed by atoms with van der Waals surface area (Å²) >= 11 is 0. The van der Waals surface area contributed by atoms with Gasteiger partial charge in [0, 0.05) is 25.4 Å². The number of hydrogen-bond acceptors (Lipinski definition) is 4. The second kappa shape index (κ2) is 7.54. The van der Waals surface area contributed by atoms with Crippen LogP contribution in [-0.2, 0) is 9.59 Å². The van der Waals surface area contributed by atoms with Crippen molar-refractivity contribution >= 4 is 23.4 Å². The van der Waals surface area contributed by atoms with Gasteiger partial charge in [0.2, 0.25) is 11.8 Å². The van der Waals surface area contributed by atoms with Crippen molar-refractivity contribution in [2.45, 2.75) is 56.6 Å². The lowest BCUT2D eigenvalue weighted by Gasteiger charge is -2.47. The summed E-state index contributed by atoms with van der Waals surface area (Å²) in [6, 6.07) is 6.13. The number of para-hydroxylation sites is 1. The zero-order chi connectivity index (χ0) is 19.7. The zero-order valence-corrected chi connectivity index (χ0v) is 15.9. The molecular formula is C21H27N3O4. The molecule has 150 valence electrons. The number of amides is 3. The average molecular weight is 385 g/mol. The van der Waals surface area contributed by atoms with Gasteiger partial charge in [-0.15, -0.1) is 0 Å². The van der Waals surface area contributed by atoms with Gasteiger partial charge in [-0.3, -0.25) is 14.4 Å². The number of carbonyl (C=O) groups excluding carboxylic acids is 3. The van der Waals surface area contributed by atoms with Gasteiger partial charge in [-0.05, 0) is 37.8 Å². The first kappa shape index (κ1) is 18.9. The summed E-state index contributed by atoms with van der Waals surface area (Å²) in [5, 5.41) is 16.3. The SMILES string of the molecule is O=C1NC(CCC(=O)N2CCC3(O)CCCCC3C2)C(=O)Nc2ccccc21. The monoisotopic (exact) mass is 385 g/mol. The second-order valence-corrected chi connectivity index (χ2v) is 8.24. The standard InChI is InChI=1S/C21H27N3O4/c25-18(24-12-11-21(28)10-4-3-5-14(21)13-24)9-8-17-20(27)22-16-7-2-1-6-15(16)19(26)23-17/h1-2,6-7,14,17,28H,3-5,8-13H2,(H,22,27)(H,23,26). The smallest absolute Gasteiger partial charge is 0.254 e. The maximum atomic E-state index is 12.7. The topological polar surface area (TPSA) is 98.7 Å². The van der Waals surface area contributed by atoms with E-state index < -0.39 is 11.6 Å². The fraction of sp³-hybridized carbons (Fsp3) is 0.571. The van der Waals surface area contributed by atoms with Crippen molar-refractivity contribution in [2.24, 2.45) is 5.92 Å². The van der Waals surface area contributed by atoms with Crippen LogP contribution >= 0.6 is 0 Å². The number of nitrogens with one attached hydrogen (secondary N) is 2. The van der Waals surface area contributed by atoms with Gasteiger partial charge in [0.25, 0.3) is 5.91 Å². The Morgan fingerprint density at radius 1 is 1.21 bits per heavy atom. The molecule has 0 aromatic heterocycles. The fourth-order valence-corrected chi connectivity index (χ4v) is 4.74. The number of piperidine rings is 1. The molecular weight excluding hydrogens is 358 g/mol. The molecule has 2 fully saturated rings. The first-order valence-corrected chi connectivity index (χ1v) is 10.2. The molecule has 3 atom stereocenters. The summed E-state index contributed by atoms with van der Waals surface area (Å²) in [4.78, 5) is 39.4. The van der Waals surface area contributed by atoms with Gasteiger partial charge in [-0.25, -0.2) is 0 Å². The zero-order valence-electron chi connectivity index (χ0n) is 15.9. The van der Waals surface area contributed by atoms with E-state index in [9.17, 15) is 19.5 Å². The Kier molecular flexibility index (Phi) is 5.10. The van der Waals surface area contributed by atoms with E-state index in [1.54, 1.807) is 24.3 Å². The number of benzene rings is 1. The molecule has 0 spiro atoms. The highest BCUT2D eigenvalue weighted by Crippen LogP contribution is 2.39. The lowest BCUT2D eigenvalue weighted by atomic mass is 9.71. The van der Waals surface area contributed by atoms with Crippen LogP contribution in [0, 0.1) is 5.92 Å². The third-order valence-corrected chi connectivity index (χ3v) is 6.48. The van der Waals surface area contributed by atoms with Crippen LogP contribution in [0.5, 0.6) is 0 Å². The van der Waals surface area contributed by atoms with Crippen LogP contribution in [0.4, 0.5) is 5.69 Å². The molecule has 4 rings (SSSR count). The molecule has 0 radical (unpaired) electrons. The lowest BCUT2D eigenvalue weighted by Crippen LogP contribution is -2.54. The molecule has 28 heavy (non-hydrogen) atoms. The summed E-state index contributed by atoms with van der Waals surface area (Å²) < 4.78 is 0. The first-order chi connectivity index (χ1) is 13.5. The minimum absolute atomic E-state index is 0.0172. The maximum Gasteiger partial charge on any atom is 0.254 e. The molecule has 1 saturated carbocycles. The van der Waals surface area contributed by atoms with Gasteiger partial charge < -0.3 is 20.6 Å². The van der Waals surface area contributed by atoms with Crippen molar-refractivity contribution in [3.05, 3.63) is 29.8 Å². The van der Waals surface area contributed by atoms with Crippen LogP contribution < -0.4 is 10.6 Å². The minimum Gasteiger partial charge on any atom is -0.389 e. The Morgan fingerprint density at radius 3 is 2.89 bits per heavy atom. The van der Waals surface area contributed by atoms with Crippen molar-refractivity contribution < 1.29 is 19.5 Å². The van der Waals surface area contributed by atoms with Gasteiger partial charge in [0.05, 0.1) is 16.9 Å². The quantitative estimate of drug-likeness (QED) is 0.737. The number of fused-ring (bicyclic) bond motifs is 2. The number of likely N-dealkylation sites (tertiary alicyclic amines) is 1. The Morgan fingerprint density at radius 2 is 2.04 bits per heavy atom. The molecule has 2 aliphatic heterocycles. The maximum absolute atomic E-state index is 12.7. The molecule has 2 heterocycles. The molecule has 7 heteroatoms. The predicted molar refractivity (Wildman–Crippen MR) is 104 cm³/mol. The average Bonchev–Trinajstić information content (AvgIpc) is 2.81. The molecule has 3 aliphatic rings. The summed E-state index contributed by atoms with van der Waals surface area (Å²) in [6.45, 7) is 1.14. The fourth-order valence-electron chi connectivity index (χ4n) is 4.74. The number of hydrogen-bond donors (Lipinski definition) is 3. The molecule has 1 aromatic rings. The number of rotatable bonds is 3. The van der Waals surface area contributed by atoms with Gasteiger partial charge >= 0.3 is 0 Å². The first-order valence-electron chi connectivity index (χ1n) is 10.2. The molecule has 3 amide bonds. The van der Waals surface area contributed by atoms with E-state index in [0.717, 1.165) is 25.7 Å². The number of nitrogens with zero attached hydrogens (tertiary/aromatic N) is 1. The van der Waals surface area contributed by atoms with Crippen LogP contribution in [-0.4, -0.2) is 52.5 Å². The van der Waals surface area contributed by atoms with E-state index in [-0.39, 0.29) is 36.5 Å². The van der Waals surface area contributed by atoms with Crippen LogP contribution in [0.2, 0.25) is 0 Å². The Bertz CT molecular complexity index is 796. The third kappa shape index (κ3) is 3.63. The van der Waals surface area contributed by atoms with Gasteiger partial charge in [0.15, 0.2) is 0 Å². The van der Waals surface area contributed by atoms with E-state index in [4.69, 9.17) is 0 Å². The summed E-state index contributed by atoms with van der Waals surface area (Å²) in [5.74, 6) is -0.478. The van der Waals surface area contributed by atoms with Crippen LogP contribution in [0.1, 0.15) is 55.3 Å². The van der Waals surface area contributed by atoms with Gasteiger partial charge in [-0.1, -0.05) is 25.0 Å². The van der Waals surface area contributed by atoms with E-state index >= 15 is 0 Å². The highest BCUT2D eigenvalue weighted by atomic mass is 16.3. The van der Waals surface area contributed by atoms with Crippen molar-refractivity contribution in [1.82, 2.24) is 10.2 Å². The highest BCUT2D eigenvalue weighted by Gasteiger charge is 2.43. The molecule has 7 nitrogen and oxygen atoms in total. The molecule has 1 saturated heterocycles. The molecule has 0 bridgehead atoms. The molecule has 1 aliphatic carbocycles. The third-order valence-electron chi connectivity index (χ3n) is 6.48. The van der Waals surface area contributed by atoms with Crippen LogP contribution in [0.25, 0.3) is 0 Å². The largest absolute Gasteiger partial charge is 0.389 e. The molecule has 1 aromatic carbocycles. The van der Waals surface area contributed by atoms with E-state index in [1.807, 2.05) is 4.90 Å². The van der Waals surface area contributed by atoms with Crippen molar-refractivity contribution in [3.63, 3.8) is 0 Å². The minimum atomic E-state index is -0.736. The molecule has 3 N–H and O–H groups in total. The van der Waals surface area contributed by atoms with Crippen molar-refractivity contribution in [2.75, 3.05) is 18.4 Å². The van der Waals surface area contributed by atoms with E-state index in [0.29, 0.717) is 30.8 Å². The van der Waals surface area contributed by atoms with Crippen molar-refractivity contribution in [3.8, 4) is 0 Å². The van der Waals surface area contributed by atoms with E-state index in [1.165, 1.54) is 0 Å². The second-order valence-electron chi connectivity index (χ2n) is 8.24.